The van der Waals surface area contributed by atoms with Crippen molar-refractivity contribution in [2.75, 3.05) is 25.5 Å². The normalized spacial score (nSPS) is 16.0. The molecule has 9 nitrogen and oxygen atoms in total. The Morgan fingerprint density at radius 3 is 2.90 bits per heavy atom. The largest absolute Gasteiger partial charge is 0.481 e. The minimum Gasteiger partial charge on any atom is -0.481 e. The second-order valence-electron chi connectivity index (χ2n) is 7.65. The SMILES string of the molecule is C=CC(=O)N1CC[C@H](Oc2nc(Nc3cc(OC)ncn3)cc3c2ccn3C(C)C)C1. The summed E-state index contributed by atoms with van der Waals surface area (Å²) < 4.78 is 13.6. The summed E-state index contributed by atoms with van der Waals surface area (Å²) >= 11 is 0. The van der Waals surface area contributed by atoms with Crippen LogP contribution in [0, 0.1) is 0 Å². The van der Waals surface area contributed by atoms with Gasteiger partial charge < -0.3 is 24.3 Å². The van der Waals surface area contributed by atoms with Gasteiger partial charge in [-0.05, 0) is 26.0 Å². The van der Waals surface area contributed by atoms with Crippen LogP contribution in [0.5, 0.6) is 11.8 Å². The molecule has 0 spiro atoms. The molecule has 0 bridgehead atoms. The van der Waals surface area contributed by atoms with Crippen molar-refractivity contribution in [1.29, 1.82) is 0 Å². The molecule has 4 heterocycles. The van der Waals surface area contributed by atoms with Crippen LogP contribution in [0.2, 0.25) is 0 Å². The van der Waals surface area contributed by atoms with E-state index in [-0.39, 0.29) is 18.1 Å². The van der Waals surface area contributed by atoms with Crippen LogP contribution in [0.1, 0.15) is 26.3 Å². The van der Waals surface area contributed by atoms with E-state index in [0.29, 0.717) is 36.5 Å². The molecule has 0 radical (unpaired) electrons. The van der Waals surface area contributed by atoms with Gasteiger partial charge in [-0.1, -0.05) is 6.58 Å². The van der Waals surface area contributed by atoms with Gasteiger partial charge in [-0.2, -0.15) is 4.98 Å². The summed E-state index contributed by atoms with van der Waals surface area (Å²) in [6.07, 6.45) is 5.41. The number of ether oxygens (including phenoxy) is 2. The molecule has 1 fully saturated rings. The molecule has 1 N–H and O–H groups in total. The second-order valence-corrected chi connectivity index (χ2v) is 7.65. The lowest BCUT2D eigenvalue weighted by molar-refractivity contribution is -0.125. The molecular formula is C22H26N6O3. The Balaban J connectivity index is 1.66. The first-order valence-corrected chi connectivity index (χ1v) is 10.2. The topological polar surface area (TPSA) is 94.4 Å². The number of carbonyl (C=O) groups is 1. The highest BCUT2D eigenvalue weighted by atomic mass is 16.5. The molecule has 1 saturated heterocycles. The van der Waals surface area contributed by atoms with Gasteiger partial charge in [0.1, 0.15) is 24.1 Å². The van der Waals surface area contributed by atoms with Crippen LogP contribution in [0.4, 0.5) is 11.6 Å². The van der Waals surface area contributed by atoms with Crippen LogP contribution < -0.4 is 14.8 Å². The summed E-state index contributed by atoms with van der Waals surface area (Å²) in [5.41, 5.74) is 1.00. The summed E-state index contributed by atoms with van der Waals surface area (Å²) in [7, 11) is 1.56. The van der Waals surface area contributed by atoms with Crippen molar-refractivity contribution in [2.24, 2.45) is 0 Å². The van der Waals surface area contributed by atoms with Gasteiger partial charge in [0.05, 0.1) is 24.6 Å². The van der Waals surface area contributed by atoms with Crippen LogP contribution in [0.3, 0.4) is 0 Å². The minimum atomic E-state index is -0.128. The Bertz CT molecular complexity index is 1110. The van der Waals surface area contributed by atoms with Gasteiger partial charge in [-0.3, -0.25) is 4.79 Å². The zero-order chi connectivity index (χ0) is 22.0. The van der Waals surface area contributed by atoms with Gasteiger partial charge in [0.2, 0.25) is 17.7 Å². The molecule has 0 aromatic carbocycles. The number of nitrogens with one attached hydrogen (secondary N) is 1. The first-order chi connectivity index (χ1) is 15.0. The average Bonchev–Trinajstić information content (AvgIpc) is 3.40. The molecule has 1 atom stereocenters. The van der Waals surface area contributed by atoms with E-state index in [1.165, 1.54) is 12.4 Å². The van der Waals surface area contributed by atoms with E-state index < -0.39 is 0 Å². The summed E-state index contributed by atoms with van der Waals surface area (Å²) in [5, 5.41) is 4.14. The van der Waals surface area contributed by atoms with Crippen LogP contribution in [-0.4, -0.2) is 56.6 Å². The summed E-state index contributed by atoms with van der Waals surface area (Å²) in [6.45, 7) is 8.97. The van der Waals surface area contributed by atoms with Crippen molar-refractivity contribution in [3.63, 3.8) is 0 Å². The molecule has 31 heavy (non-hydrogen) atoms. The molecule has 1 amide bonds. The average molecular weight is 422 g/mol. The van der Waals surface area contributed by atoms with Crippen molar-refractivity contribution >= 4 is 28.4 Å². The quantitative estimate of drug-likeness (QED) is 0.584. The Labute approximate surface area is 180 Å². The number of hydrogen-bond donors (Lipinski definition) is 1. The highest BCUT2D eigenvalue weighted by Crippen LogP contribution is 2.32. The van der Waals surface area contributed by atoms with E-state index in [2.05, 4.69) is 40.3 Å². The number of pyridine rings is 1. The maximum atomic E-state index is 11.9. The molecule has 4 rings (SSSR count). The Morgan fingerprint density at radius 1 is 1.32 bits per heavy atom. The Kier molecular flexibility index (Phi) is 5.75. The van der Waals surface area contributed by atoms with E-state index in [4.69, 9.17) is 14.5 Å². The number of fused-ring (bicyclic) bond motifs is 1. The molecular weight excluding hydrogens is 396 g/mol. The third-order valence-electron chi connectivity index (χ3n) is 5.25. The lowest BCUT2D eigenvalue weighted by Crippen LogP contribution is -2.29. The van der Waals surface area contributed by atoms with Gasteiger partial charge in [0, 0.05) is 37.3 Å². The molecule has 0 saturated carbocycles. The van der Waals surface area contributed by atoms with Crippen molar-refractivity contribution in [1.82, 2.24) is 24.4 Å². The smallest absolute Gasteiger partial charge is 0.246 e. The zero-order valence-corrected chi connectivity index (χ0v) is 17.9. The van der Waals surface area contributed by atoms with E-state index in [1.54, 1.807) is 18.1 Å². The van der Waals surface area contributed by atoms with Crippen molar-refractivity contribution in [2.45, 2.75) is 32.4 Å². The number of likely N-dealkylation sites (tertiary alicyclic amines) is 1. The van der Waals surface area contributed by atoms with Gasteiger partial charge >= 0.3 is 0 Å². The van der Waals surface area contributed by atoms with Crippen molar-refractivity contribution in [3.8, 4) is 11.8 Å². The van der Waals surface area contributed by atoms with Gasteiger partial charge in [0.15, 0.2) is 0 Å². The number of anilines is 2. The lowest BCUT2D eigenvalue weighted by atomic mass is 10.2. The number of carbonyl (C=O) groups excluding carboxylic acids is 1. The van der Waals surface area contributed by atoms with Crippen molar-refractivity contribution < 1.29 is 14.3 Å². The van der Waals surface area contributed by atoms with E-state index in [1.807, 2.05) is 18.3 Å². The fourth-order valence-electron chi connectivity index (χ4n) is 3.69. The minimum absolute atomic E-state index is 0.0803. The lowest BCUT2D eigenvalue weighted by Gasteiger charge is -2.17. The maximum absolute atomic E-state index is 11.9. The number of hydrogen-bond acceptors (Lipinski definition) is 7. The highest BCUT2D eigenvalue weighted by molar-refractivity contribution is 5.88. The summed E-state index contributed by atoms with van der Waals surface area (Å²) in [6, 6.07) is 5.95. The molecule has 3 aromatic heterocycles. The predicted octanol–water partition coefficient (Wildman–Crippen LogP) is 3.33. The van der Waals surface area contributed by atoms with E-state index >= 15 is 0 Å². The van der Waals surface area contributed by atoms with Gasteiger partial charge in [0.25, 0.3) is 0 Å². The number of rotatable bonds is 7. The Hall–Kier alpha value is -3.62. The first kappa shape index (κ1) is 20.6. The third-order valence-corrected chi connectivity index (χ3v) is 5.25. The van der Waals surface area contributed by atoms with E-state index in [0.717, 1.165) is 17.3 Å². The molecule has 0 unspecified atom stereocenters. The standard InChI is InChI=1S/C22H26N6O3/c1-5-21(29)27-8-6-15(12-27)31-22-16-7-9-28(14(2)3)17(16)10-19(26-22)25-18-11-20(30-4)24-13-23-18/h5,7,9-11,13-15H,1,6,8,12H2,2-4H3,(H,23,24,25,26)/t15-/m0/s1. The molecule has 162 valence electrons. The van der Waals surface area contributed by atoms with Crippen LogP contribution in [0.15, 0.2) is 43.4 Å². The third kappa shape index (κ3) is 4.30. The number of aromatic nitrogens is 4. The number of amides is 1. The first-order valence-electron chi connectivity index (χ1n) is 10.2. The molecule has 9 heteroatoms. The zero-order valence-electron chi connectivity index (χ0n) is 17.9. The van der Waals surface area contributed by atoms with Crippen LogP contribution in [-0.2, 0) is 4.79 Å². The second kappa shape index (κ2) is 8.63. The number of methoxy groups -OCH3 is 1. The van der Waals surface area contributed by atoms with Crippen LogP contribution >= 0.6 is 0 Å². The number of nitrogens with zero attached hydrogens (tertiary/aromatic N) is 5. The molecule has 1 aliphatic heterocycles. The van der Waals surface area contributed by atoms with Gasteiger partial charge in [-0.25, -0.2) is 9.97 Å². The highest BCUT2D eigenvalue weighted by Gasteiger charge is 2.27. The van der Waals surface area contributed by atoms with E-state index in [9.17, 15) is 4.79 Å². The fourth-order valence-corrected chi connectivity index (χ4v) is 3.69. The predicted molar refractivity (Wildman–Crippen MR) is 118 cm³/mol. The molecule has 0 aliphatic carbocycles. The maximum Gasteiger partial charge on any atom is 0.246 e. The fraction of sp³-hybridized carbons (Fsp3) is 0.364. The Morgan fingerprint density at radius 2 is 2.16 bits per heavy atom. The summed E-state index contributed by atoms with van der Waals surface area (Å²) in [5.74, 6) is 2.07. The molecule has 1 aliphatic rings. The van der Waals surface area contributed by atoms with Gasteiger partial charge in [-0.15, -0.1) is 0 Å². The van der Waals surface area contributed by atoms with Crippen LogP contribution in [0.25, 0.3) is 10.9 Å². The molecule has 3 aromatic rings. The monoisotopic (exact) mass is 422 g/mol. The summed E-state index contributed by atoms with van der Waals surface area (Å²) in [4.78, 5) is 26.6. The van der Waals surface area contributed by atoms with Crippen molar-refractivity contribution in [3.05, 3.63) is 43.4 Å².